The van der Waals surface area contributed by atoms with E-state index in [-0.39, 0.29) is 33.5 Å². The van der Waals surface area contributed by atoms with E-state index in [4.69, 9.17) is 11.0 Å². The number of pyridine rings is 1. The van der Waals surface area contributed by atoms with Crippen LogP contribution in [0, 0.1) is 11.3 Å². The Morgan fingerprint density at radius 1 is 1.07 bits per heavy atom. The number of rotatable bonds is 2. The van der Waals surface area contributed by atoms with Crippen LogP contribution in [-0.4, -0.2) is 14.8 Å². The van der Waals surface area contributed by atoms with Crippen LogP contribution in [-0.2, 0) is 13.2 Å². The molecule has 4 aromatic rings. The van der Waals surface area contributed by atoms with Crippen LogP contribution in [0.1, 0.15) is 11.1 Å². The second-order valence-corrected chi connectivity index (χ2v) is 6.47. The molecule has 0 bridgehead atoms. The number of benzene rings is 2. The maximum absolute atomic E-state index is 14.0. The number of nitrogens with zero attached hydrogens (tertiary/aromatic N) is 4. The zero-order chi connectivity index (χ0) is 20.8. The van der Waals surface area contributed by atoms with Crippen LogP contribution < -0.4 is 5.73 Å². The molecule has 0 atom stereocenters. The first kappa shape index (κ1) is 18.5. The summed E-state index contributed by atoms with van der Waals surface area (Å²) in [5, 5.41) is 13.3. The Hall–Kier alpha value is -3.86. The monoisotopic (exact) mass is 393 g/mol. The minimum atomic E-state index is -4.63. The van der Waals surface area contributed by atoms with Gasteiger partial charge in [0.1, 0.15) is 6.07 Å². The summed E-state index contributed by atoms with van der Waals surface area (Å²) in [6.45, 7) is 0. The first-order valence-corrected chi connectivity index (χ1v) is 8.60. The Bertz CT molecular complexity index is 1270. The highest BCUT2D eigenvalue weighted by atomic mass is 19.4. The van der Waals surface area contributed by atoms with Crippen molar-refractivity contribution in [3.05, 3.63) is 65.7 Å². The van der Waals surface area contributed by atoms with Gasteiger partial charge in [0.15, 0.2) is 5.65 Å². The van der Waals surface area contributed by atoms with Crippen LogP contribution in [0.4, 0.5) is 18.9 Å². The number of fused-ring (bicyclic) bond motifs is 1. The van der Waals surface area contributed by atoms with E-state index in [1.165, 1.54) is 16.8 Å². The topological polar surface area (TPSA) is 80.5 Å². The van der Waals surface area contributed by atoms with E-state index in [0.717, 1.165) is 6.07 Å². The number of alkyl halides is 3. The Balaban J connectivity index is 2.07. The second kappa shape index (κ2) is 6.63. The molecule has 2 heterocycles. The molecule has 0 aliphatic rings. The molecule has 0 fully saturated rings. The highest BCUT2D eigenvalue weighted by Gasteiger charge is 2.36. The predicted octanol–water partition coefficient (Wildman–Crippen LogP) is 4.77. The summed E-state index contributed by atoms with van der Waals surface area (Å²) in [6.07, 6.45) is -4.63. The Morgan fingerprint density at radius 3 is 2.45 bits per heavy atom. The molecule has 5 nitrogen and oxygen atoms in total. The van der Waals surface area contributed by atoms with Crippen LogP contribution in [0.2, 0.25) is 0 Å². The number of nitrogens with two attached hydrogens (primary N) is 1. The van der Waals surface area contributed by atoms with Gasteiger partial charge in [0, 0.05) is 18.2 Å². The van der Waals surface area contributed by atoms with Crippen LogP contribution in [0.5, 0.6) is 0 Å². The predicted molar refractivity (Wildman–Crippen MR) is 104 cm³/mol. The van der Waals surface area contributed by atoms with E-state index in [2.05, 4.69) is 10.1 Å². The molecular formula is C21H14F3N5. The van der Waals surface area contributed by atoms with Crippen molar-refractivity contribution in [3.63, 3.8) is 0 Å². The lowest BCUT2D eigenvalue weighted by molar-refractivity contribution is -0.136. The zero-order valence-electron chi connectivity index (χ0n) is 15.2. The normalized spacial score (nSPS) is 11.6. The zero-order valence-corrected chi connectivity index (χ0v) is 15.2. The van der Waals surface area contributed by atoms with Gasteiger partial charge < -0.3 is 5.73 Å². The van der Waals surface area contributed by atoms with E-state index in [1.807, 2.05) is 6.07 Å². The fraction of sp³-hybridized carbons (Fsp3) is 0.0952. The molecule has 144 valence electrons. The Labute approximate surface area is 163 Å². The van der Waals surface area contributed by atoms with Gasteiger partial charge in [-0.15, -0.1) is 0 Å². The first-order chi connectivity index (χ1) is 13.8. The minimum absolute atomic E-state index is 0.0112. The SMILES string of the molecule is Cn1nc2nc(-c3cccc(C#N)c3N)cc(C(F)(F)F)c2c1-c1ccccc1. The summed E-state index contributed by atoms with van der Waals surface area (Å²) >= 11 is 0. The van der Waals surface area contributed by atoms with Gasteiger partial charge in [0.05, 0.1) is 33.6 Å². The number of aryl methyl sites for hydroxylation is 1. The van der Waals surface area contributed by atoms with Crippen molar-refractivity contribution in [1.29, 1.82) is 5.26 Å². The van der Waals surface area contributed by atoms with E-state index < -0.39 is 11.7 Å². The van der Waals surface area contributed by atoms with Crippen LogP contribution in [0.25, 0.3) is 33.5 Å². The smallest absolute Gasteiger partial charge is 0.397 e. The quantitative estimate of drug-likeness (QED) is 0.497. The minimum Gasteiger partial charge on any atom is -0.397 e. The Morgan fingerprint density at radius 2 is 1.79 bits per heavy atom. The van der Waals surface area contributed by atoms with Crippen molar-refractivity contribution in [3.8, 4) is 28.6 Å². The maximum atomic E-state index is 14.0. The third-order valence-electron chi connectivity index (χ3n) is 4.66. The van der Waals surface area contributed by atoms with Gasteiger partial charge in [-0.25, -0.2) is 4.98 Å². The molecule has 2 aromatic heterocycles. The number of nitriles is 1. The van der Waals surface area contributed by atoms with E-state index >= 15 is 0 Å². The first-order valence-electron chi connectivity index (χ1n) is 8.60. The molecule has 0 saturated carbocycles. The molecule has 0 amide bonds. The molecule has 2 N–H and O–H groups in total. The number of nitrogen functional groups attached to an aromatic ring is 1. The van der Waals surface area contributed by atoms with E-state index in [9.17, 15) is 13.2 Å². The number of hydrogen-bond donors (Lipinski definition) is 1. The second-order valence-electron chi connectivity index (χ2n) is 6.47. The molecule has 0 radical (unpaired) electrons. The van der Waals surface area contributed by atoms with Gasteiger partial charge in [-0.1, -0.05) is 42.5 Å². The number of hydrogen-bond acceptors (Lipinski definition) is 4. The van der Waals surface area contributed by atoms with E-state index in [1.54, 1.807) is 43.4 Å². The molecule has 4 rings (SSSR count). The highest BCUT2D eigenvalue weighted by molar-refractivity contribution is 5.96. The van der Waals surface area contributed by atoms with Gasteiger partial charge in [0.25, 0.3) is 0 Å². The highest BCUT2D eigenvalue weighted by Crippen LogP contribution is 2.41. The molecule has 0 spiro atoms. The van der Waals surface area contributed by atoms with Crippen molar-refractivity contribution < 1.29 is 13.2 Å². The summed E-state index contributed by atoms with van der Waals surface area (Å²) in [5.74, 6) is 0. The number of halogens is 3. The summed E-state index contributed by atoms with van der Waals surface area (Å²) < 4.78 is 43.4. The van der Waals surface area contributed by atoms with Gasteiger partial charge in [-0.3, -0.25) is 4.68 Å². The van der Waals surface area contributed by atoms with Crippen LogP contribution >= 0.6 is 0 Å². The lowest BCUT2D eigenvalue weighted by Crippen LogP contribution is -2.08. The molecule has 0 saturated heterocycles. The molecule has 29 heavy (non-hydrogen) atoms. The molecular weight excluding hydrogens is 379 g/mol. The molecule has 0 unspecified atom stereocenters. The summed E-state index contributed by atoms with van der Waals surface area (Å²) in [4.78, 5) is 4.34. The number of para-hydroxylation sites is 1. The van der Waals surface area contributed by atoms with Gasteiger partial charge in [-0.05, 0) is 12.1 Å². The number of anilines is 1. The fourth-order valence-electron chi connectivity index (χ4n) is 3.37. The molecule has 0 aliphatic heterocycles. The van der Waals surface area contributed by atoms with Crippen LogP contribution in [0.15, 0.2) is 54.6 Å². The van der Waals surface area contributed by atoms with Crippen molar-refractivity contribution in [1.82, 2.24) is 14.8 Å². The third-order valence-corrected chi connectivity index (χ3v) is 4.66. The summed E-state index contributed by atoms with van der Waals surface area (Å²) in [5.41, 5.74) is 6.52. The molecule has 2 aromatic carbocycles. The summed E-state index contributed by atoms with van der Waals surface area (Å²) in [7, 11) is 1.58. The average Bonchev–Trinajstić information content (AvgIpc) is 3.02. The van der Waals surface area contributed by atoms with Crippen molar-refractivity contribution in [2.75, 3.05) is 5.73 Å². The van der Waals surface area contributed by atoms with Crippen LogP contribution in [0.3, 0.4) is 0 Å². The van der Waals surface area contributed by atoms with Crippen molar-refractivity contribution >= 4 is 16.7 Å². The molecule has 8 heteroatoms. The van der Waals surface area contributed by atoms with Crippen molar-refractivity contribution in [2.24, 2.45) is 7.05 Å². The van der Waals surface area contributed by atoms with E-state index in [0.29, 0.717) is 11.3 Å². The molecule has 0 aliphatic carbocycles. The lowest BCUT2D eigenvalue weighted by Gasteiger charge is -2.13. The Kier molecular flexibility index (Phi) is 4.23. The fourth-order valence-corrected chi connectivity index (χ4v) is 3.37. The average molecular weight is 393 g/mol. The summed E-state index contributed by atoms with van der Waals surface area (Å²) in [6, 6.07) is 16.2. The maximum Gasteiger partial charge on any atom is 0.417 e. The third kappa shape index (κ3) is 3.06. The standard InChI is InChI=1S/C21H14F3N5/c1-29-19(12-6-3-2-4-7-12)17-15(21(22,23)24)10-16(27-20(17)28-29)14-9-5-8-13(11-25)18(14)26/h2-10H,26H2,1H3. The van der Waals surface area contributed by atoms with Gasteiger partial charge in [-0.2, -0.15) is 23.5 Å². The largest absolute Gasteiger partial charge is 0.417 e. The number of aromatic nitrogens is 3. The van der Waals surface area contributed by atoms with Crippen molar-refractivity contribution in [2.45, 2.75) is 6.18 Å². The lowest BCUT2D eigenvalue weighted by atomic mass is 10.00. The van der Waals surface area contributed by atoms with Gasteiger partial charge >= 0.3 is 6.18 Å². The van der Waals surface area contributed by atoms with Gasteiger partial charge in [0.2, 0.25) is 0 Å².